The molecule has 13 heteroatoms. The van der Waals surface area contributed by atoms with Gasteiger partial charge in [-0.3, -0.25) is 0 Å². The van der Waals surface area contributed by atoms with E-state index in [-0.39, 0.29) is 12.9 Å². The first-order chi connectivity index (χ1) is 21.3. The average molecular weight is 696 g/mol. The van der Waals surface area contributed by atoms with Gasteiger partial charge in [-0.1, -0.05) is 68.1 Å². The molecule has 2 heterocycles. The van der Waals surface area contributed by atoms with Crippen molar-refractivity contribution in [2.75, 3.05) is 42.6 Å². The number of anilines is 1. The van der Waals surface area contributed by atoms with Crippen molar-refractivity contribution < 1.29 is 31.9 Å². The van der Waals surface area contributed by atoms with E-state index in [0.717, 1.165) is 36.4 Å². The lowest BCUT2D eigenvalue weighted by Crippen LogP contribution is -2.35. The topological polar surface area (TPSA) is 125 Å². The second kappa shape index (κ2) is 17.6. The fourth-order valence-electron chi connectivity index (χ4n) is 4.98. The van der Waals surface area contributed by atoms with E-state index in [1.54, 1.807) is 23.1 Å². The first kappa shape index (κ1) is 37.2. The second-order valence-electron chi connectivity index (χ2n) is 10.7. The van der Waals surface area contributed by atoms with Crippen molar-refractivity contribution in [3.8, 4) is 0 Å². The standard InChI is InChI=1S/C26H30N2O6S4.C6H15N/c1-20(18-25-27(14-6-8-16-37(29,30)31)21-10-2-4-12-23(21)35-25)19-26-28(15-7-9-17-38(32,33)34)22-11-3-5-13-24(22)36-26;1-4-7(5-2)6-3/h2-5,10-13,18-19H,6-9,14-17H2,1H3,(H-,29,30,31,32,33,34);4-6H2,1-3H3. The predicted molar refractivity (Wildman–Crippen MR) is 186 cm³/mol. The van der Waals surface area contributed by atoms with Crippen LogP contribution in [0.15, 0.2) is 70.1 Å². The van der Waals surface area contributed by atoms with E-state index in [4.69, 9.17) is 0 Å². The van der Waals surface area contributed by atoms with Crippen molar-refractivity contribution in [1.82, 2.24) is 4.90 Å². The zero-order chi connectivity index (χ0) is 33.0. The van der Waals surface area contributed by atoms with Gasteiger partial charge in [0.05, 0.1) is 31.0 Å². The molecule has 0 radical (unpaired) electrons. The van der Waals surface area contributed by atoms with Gasteiger partial charge in [-0.05, 0) is 75.7 Å². The van der Waals surface area contributed by atoms with Gasteiger partial charge in [0.15, 0.2) is 6.54 Å². The maximum absolute atomic E-state index is 11.0. The Morgan fingerprint density at radius 3 is 2.11 bits per heavy atom. The lowest BCUT2D eigenvalue weighted by molar-refractivity contribution is -0.669. The maximum atomic E-state index is 11.0. The molecular formula is C32H45N3O6S4. The van der Waals surface area contributed by atoms with Gasteiger partial charge < -0.3 is 18.9 Å². The van der Waals surface area contributed by atoms with Gasteiger partial charge in [0.25, 0.3) is 5.01 Å². The van der Waals surface area contributed by atoms with E-state index in [9.17, 15) is 25.9 Å². The van der Waals surface area contributed by atoms with Crippen molar-refractivity contribution in [3.05, 3.63) is 70.2 Å². The molecule has 9 nitrogen and oxygen atoms in total. The lowest BCUT2D eigenvalue weighted by atomic mass is 10.2. The van der Waals surface area contributed by atoms with E-state index in [2.05, 4.69) is 59.4 Å². The highest BCUT2D eigenvalue weighted by Gasteiger charge is 2.25. The van der Waals surface area contributed by atoms with E-state index in [1.807, 2.05) is 43.3 Å². The second-order valence-corrected chi connectivity index (χ2v) is 15.9. The summed E-state index contributed by atoms with van der Waals surface area (Å²) in [5.41, 5.74) is 3.15. The maximum Gasteiger partial charge on any atom is 1.00 e. The summed E-state index contributed by atoms with van der Waals surface area (Å²) >= 11 is 3.30. The molecule has 1 aromatic heterocycles. The lowest BCUT2D eigenvalue weighted by Gasteiger charge is -2.21. The van der Waals surface area contributed by atoms with Crippen LogP contribution in [0.2, 0.25) is 0 Å². The number of nitrogens with zero attached hydrogens (tertiary/aromatic N) is 3. The number of unbranched alkanes of at least 4 members (excludes halogenated alkanes) is 2. The third-order valence-electron chi connectivity index (χ3n) is 7.37. The summed E-state index contributed by atoms with van der Waals surface area (Å²) in [5.74, 6) is -0.722. The van der Waals surface area contributed by atoms with E-state index < -0.39 is 20.2 Å². The van der Waals surface area contributed by atoms with E-state index in [1.165, 1.54) is 19.6 Å². The molecule has 1 aliphatic heterocycles. The van der Waals surface area contributed by atoms with Gasteiger partial charge in [-0.25, -0.2) is 16.8 Å². The molecule has 0 amide bonds. The van der Waals surface area contributed by atoms with Crippen molar-refractivity contribution in [2.45, 2.75) is 64.8 Å². The van der Waals surface area contributed by atoms with Crippen molar-refractivity contribution >= 4 is 65.3 Å². The van der Waals surface area contributed by atoms with Crippen LogP contribution in [0.25, 0.3) is 16.3 Å². The summed E-state index contributed by atoms with van der Waals surface area (Å²) in [6, 6.07) is 16.1. The summed E-state index contributed by atoms with van der Waals surface area (Å²) in [4.78, 5) is 5.66. The summed E-state index contributed by atoms with van der Waals surface area (Å²) < 4.78 is 69.2. The number of aromatic nitrogens is 1. The fourth-order valence-corrected chi connectivity index (χ4v) is 8.50. The number of hydrogen-bond acceptors (Lipinski definition) is 10. The molecule has 45 heavy (non-hydrogen) atoms. The number of aryl methyl sites for hydroxylation is 1. The molecule has 4 rings (SSSR count). The number of thioether (sulfide) groups is 1. The predicted octanol–water partition coefficient (Wildman–Crippen LogP) is 6.16. The Hall–Kier alpha value is -2.26. The molecule has 0 spiro atoms. The number of para-hydroxylation sites is 2. The first-order valence-electron chi connectivity index (χ1n) is 15.3. The molecule has 0 saturated carbocycles. The smallest absolute Gasteiger partial charge is 0.748 e. The minimum absolute atomic E-state index is 0. The van der Waals surface area contributed by atoms with Gasteiger partial charge in [-0.15, -0.1) is 0 Å². The summed E-state index contributed by atoms with van der Waals surface area (Å²) in [5, 5.41) is 2.05. The van der Waals surface area contributed by atoms with Crippen molar-refractivity contribution in [3.63, 3.8) is 0 Å². The highest BCUT2D eigenvalue weighted by Crippen LogP contribution is 2.46. The molecule has 0 unspecified atom stereocenters. The zero-order valence-corrected chi connectivity index (χ0v) is 29.7. The minimum atomic E-state index is -4.22. The van der Waals surface area contributed by atoms with E-state index >= 15 is 0 Å². The average Bonchev–Trinajstić information content (AvgIpc) is 3.50. The third kappa shape index (κ3) is 12.1. The Labute approximate surface area is 278 Å². The molecule has 0 aliphatic carbocycles. The number of thiazole rings is 1. The Kier molecular flexibility index (Phi) is 14.5. The SMILES string of the molecule is CC(=Cc1sc2ccccc2[n+]1CCCCS(=O)(=O)[O-])C=C1Sc2ccccc2N1CCCCS(=O)(=O)[O-].CCN(CC)CC.[H+]. The van der Waals surface area contributed by atoms with Crippen molar-refractivity contribution in [1.29, 1.82) is 0 Å². The van der Waals surface area contributed by atoms with Crippen LogP contribution in [-0.4, -0.2) is 68.5 Å². The Morgan fingerprint density at radius 2 is 1.49 bits per heavy atom. The van der Waals surface area contributed by atoms with Gasteiger partial charge >= 0.3 is 1.43 Å². The van der Waals surface area contributed by atoms with Crippen LogP contribution in [0.1, 0.15) is 59.8 Å². The van der Waals surface area contributed by atoms with Crippen LogP contribution in [0, 0.1) is 0 Å². The van der Waals surface area contributed by atoms with Crippen LogP contribution in [-0.2, 0) is 26.8 Å². The molecule has 0 N–H and O–H groups in total. The molecule has 0 bridgehead atoms. The number of fused-ring (bicyclic) bond motifs is 2. The summed E-state index contributed by atoms with van der Waals surface area (Å²) in [7, 11) is -8.45. The summed E-state index contributed by atoms with van der Waals surface area (Å²) in [6.45, 7) is 13.4. The highest BCUT2D eigenvalue weighted by atomic mass is 32.2. The van der Waals surface area contributed by atoms with Gasteiger partial charge in [-0.2, -0.15) is 4.57 Å². The largest absolute Gasteiger partial charge is 1.00 e. The normalized spacial score (nSPS) is 14.7. The number of hydrogen-bond donors (Lipinski definition) is 0. The molecule has 3 aromatic rings. The molecule has 1 aliphatic rings. The van der Waals surface area contributed by atoms with Gasteiger partial charge in [0.1, 0.15) is 4.70 Å². The number of benzene rings is 2. The minimum Gasteiger partial charge on any atom is -0.748 e. The quantitative estimate of drug-likeness (QED) is 0.105. The number of rotatable bonds is 15. The molecule has 248 valence electrons. The van der Waals surface area contributed by atoms with Crippen molar-refractivity contribution in [2.24, 2.45) is 0 Å². The van der Waals surface area contributed by atoms with E-state index in [0.29, 0.717) is 38.8 Å². The Morgan fingerprint density at radius 1 is 0.889 bits per heavy atom. The van der Waals surface area contributed by atoms with Crippen LogP contribution >= 0.6 is 23.1 Å². The molecule has 0 fully saturated rings. The highest BCUT2D eigenvalue weighted by molar-refractivity contribution is 8.03. The Bertz CT molecular complexity index is 1680. The zero-order valence-electron chi connectivity index (χ0n) is 27.5. The monoisotopic (exact) mass is 695 g/mol. The summed E-state index contributed by atoms with van der Waals surface area (Å²) in [6.07, 6.45) is 5.98. The molecule has 2 aromatic carbocycles. The molecule has 0 atom stereocenters. The first-order valence-corrected chi connectivity index (χ1v) is 20.1. The van der Waals surface area contributed by atoms with Gasteiger partial charge in [0, 0.05) is 41.5 Å². The van der Waals surface area contributed by atoms with Gasteiger partial charge in [0.2, 0.25) is 5.52 Å². The third-order valence-corrected chi connectivity index (χ3v) is 11.2. The van der Waals surface area contributed by atoms with Crippen LogP contribution in [0.5, 0.6) is 0 Å². The Balaban J connectivity index is 0.000000827. The molecular weight excluding hydrogens is 651 g/mol. The van der Waals surface area contributed by atoms with Crippen LogP contribution in [0.3, 0.4) is 0 Å². The number of allylic oxidation sites excluding steroid dienone is 2. The van der Waals surface area contributed by atoms with Crippen LogP contribution in [0.4, 0.5) is 5.69 Å². The molecule has 0 saturated heterocycles. The fraction of sp³-hybridized carbons (Fsp3) is 0.469. The van der Waals surface area contributed by atoms with Crippen LogP contribution < -0.4 is 9.47 Å².